The zero-order valence-corrected chi connectivity index (χ0v) is 21.5. The Morgan fingerprint density at radius 2 is 1.20 bits per heavy atom. The predicted molar refractivity (Wildman–Crippen MR) is 127 cm³/mol. The van der Waals surface area contributed by atoms with Crippen LogP contribution in [0.3, 0.4) is 0 Å². The van der Waals surface area contributed by atoms with Crippen LogP contribution in [0.15, 0.2) is 0 Å². The molecule has 0 rings (SSSR count). The average molecular weight is 489 g/mol. The Morgan fingerprint density at radius 3 is 1.60 bits per heavy atom. The third kappa shape index (κ3) is 22.9. The SMILES string of the molecule is CCCCCCCCCCCCCCCCCC(=O)OCC(COP(=O)(Cl)Cl)OC. The fourth-order valence-corrected chi connectivity index (χ4v) is 3.93. The summed E-state index contributed by atoms with van der Waals surface area (Å²) in [5.74, 6) is -0.258. The van der Waals surface area contributed by atoms with Gasteiger partial charge in [0.2, 0.25) is 0 Å². The lowest BCUT2D eigenvalue weighted by atomic mass is 10.0. The minimum atomic E-state index is -3.60. The van der Waals surface area contributed by atoms with Crippen LogP contribution in [0.4, 0.5) is 0 Å². The summed E-state index contributed by atoms with van der Waals surface area (Å²) in [6, 6.07) is 0. The van der Waals surface area contributed by atoms with E-state index >= 15 is 0 Å². The summed E-state index contributed by atoms with van der Waals surface area (Å²) in [6.45, 7) is 2.20. The maximum Gasteiger partial charge on any atom is 0.380 e. The number of halogens is 2. The number of hydrogen-bond acceptors (Lipinski definition) is 5. The van der Waals surface area contributed by atoms with Crippen molar-refractivity contribution in [3.05, 3.63) is 0 Å². The molecule has 0 fully saturated rings. The summed E-state index contributed by atoms with van der Waals surface area (Å²) < 4.78 is 26.1. The van der Waals surface area contributed by atoms with E-state index in [2.05, 4.69) is 6.92 Å². The smallest absolute Gasteiger partial charge is 0.380 e. The number of methoxy groups -OCH3 is 1. The van der Waals surface area contributed by atoms with Gasteiger partial charge in [0.15, 0.2) is 0 Å². The summed E-state index contributed by atoms with van der Waals surface area (Å²) >= 11 is 10.6. The highest BCUT2D eigenvalue weighted by Gasteiger charge is 2.19. The molecule has 0 saturated carbocycles. The lowest BCUT2D eigenvalue weighted by molar-refractivity contribution is -0.148. The topological polar surface area (TPSA) is 61.8 Å². The predicted octanol–water partition coefficient (Wildman–Crippen LogP) is 8.41. The fourth-order valence-electron chi connectivity index (χ4n) is 3.25. The van der Waals surface area contributed by atoms with Gasteiger partial charge in [0, 0.05) is 13.5 Å². The zero-order valence-electron chi connectivity index (χ0n) is 19.0. The first-order chi connectivity index (χ1) is 14.4. The number of hydrogen-bond donors (Lipinski definition) is 0. The zero-order chi connectivity index (χ0) is 22.5. The highest BCUT2D eigenvalue weighted by Crippen LogP contribution is 2.57. The van der Waals surface area contributed by atoms with Crippen LogP contribution in [-0.4, -0.2) is 32.4 Å². The Kier molecular flexibility index (Phi) is 21.2. The fraction of sp³-hybridized carbons (Fsp3) is 0.955. The lowest BCUT2D eigenvalue weighted by Gasteiger charge is -2.15. The highest BCUT2D eigenvalue weighted by molar-refractivity contribution is 8.05. The minimum absolute atomic E-state index is 0.0296. The Hall–Kier alpha value is 0.200. The normalized spacial score (nSPS) is 12.8. The second-order valence-electron chi connectivity index (χ2n) is 7.95. The van der Waals surface area contributed by atoms with Gasteiger partial charge in [0.25, 0.3) is 0 Å². The number of carbonyl (C=O) groups is 1. The quantitative estimate of drug-likeness (QED) is 0.0868. The number of carbonyl (C=O) groups excluding carboxylic acids is 1. The molecule has 0 heterocycles. The van der Waals surface area contributed by atoms with Gasteiger partial charge >= 0.3 is 12.0 Å². The Labute approximate surface area is 193 Å². The molecule has 0 aliphatic rings. The number of rotatable bonds is 22. The molecule has 1 unspecified atom stereocenters. The second-order valence-corrected chi connectivity index (χ2v) is 12.2. The number of unbranched alkanes of at least 4 members (excludes halogenated alkanes) is 14. The van der Waals surface area contributed by atoms with Crippen LogP contribution in [0.5, 0.6) is 0 Å². The molecule has 30 heavy (non-hydrogen) atoms. The van der Waals surface area contributed by atoms with Crippen LogP contribution >= 0.6 is 28.6 Å². The maximum atomic E-state index is 11.8. The first kappa shape index (κ1) is 30.2. The molecule has 0 amide bonds. The van der Waals surface area contributed by atoms with E-state index in [9.17, 15) is 9.36 Å². The number of esters is 1. The third-order valence-electron chi connectivity index (χ3n) is 5.16. The monoisotopic (exact) mass is 488 g/mol. The van der Waals surface area contributed by atoms with Gasteiger partial charge in [0.1, 0.15) is 12.7 Å². The van der Waals surface area contributed by atoms with Crippen molar-refractivity contribution in [2.24, 2.45) is 0 Å². The first-order valence-electron chi connectivity index (χ1n) is 11.7. The molecule has 0 spiro atoms. The molecule has 8 heteroatoms. The summed E-state index contributed by atoms with van der Waals surface area (Å²) in [5.41, 5.74) is 0. The summed E-state index contributed by atoms with van der Waals surface area (Å²) in [7, 11) is 1.45. The molecular weight excluding hydrogens is 446 g/mol. The molecule has 0 aliphatic heterocycles. The van der Waals surface area contributed by atoms with Crippen LogP contribution in [0.2, 0.25) is 0 Å². The van der Waals surface area contributed by atoms with Crippen molar-refractivity contribution in [2.75, 3.05) is 20.3 Å². The molecule has 0 radical (unpaired) electrons. The minimum Gasteiger partial charge on any atom is -0.463 e. The van der Waals surface area contributed by atoms with Crippen molar-refractivity contribution in [3.63, 3.8) is 0 Å². The van der Waals surface area contributed by atoms with Gasteiger partial charge in [-0.1, -0.05) is 96.8 Å². The second kappa shape index (κ2) is 21.1. The molecule has 0 aromatic rings. The molecular formula is C22H43Cl2O5P. The van der Waals surface area contributed by atoms with E-state index in [0.717, 1.165) is 12.8 Å². The molecule has 1 atom stereocenters. The van der Waals surface area contributed by atoms with Gasteiger partial charge in [-0.15, -0.1) is 0 Å². The van der Waals surface area contributed by atoms with Crippen molar-refractivity contribution in [2.45, 2.75) is 116 Å². The molecule has 5 nitrogen and oxygen atoms in total. The van der Waals surface area contributed by atoms with Crippen molar-refractivity contribution in [1.29, 1.82) is 0 Å². The molecule has 0 bridgehead atoms. The van der Waals surface area contributed by atoms with E-state index in [-0.39, 0.29) is 19.2 Å². The summed E-state index contributed by atoms with van der Waals surface area (Å²) in [5, 5.41) is 0. The third-order valence-corrected chi connectivity index (χ3v) is 6.19. The number of ether oxygens (including phenoxy) is 2. The molecule has 180 valence electrons. The van der Waals surface area contributed by atoms with Gasteiger partial charge < -0.3 is 14.0 Å². The lowest BCUT2D eigenvalue weighted by Crippen LogP contribution is -2.25. The standard InChI is InChI=1S/C22H43Cl2O5P/c1-3-4-5-6-7-8-9-10-11-12-13-14-15-16-17-18-22(25)28-19-21(27-2)20-29-30(23,24)26/h21H,3-20H2,1-2H3. The van der Waals surface area contributed by atoms with Crippen molar-refractivity contribution >= 4 is 34.5 Å². The highest BCUT2D eigenvalue weighted by atomic mass is 35.9. The van der Waals surface area contributed by atoms with Gasteiger partial charge in [-0.05, 0) is 28.9 Å². The molecule has 0 saturated heterocycles. The van der Waals surface area contributed by atoms with Gasteiger partial charge in [-0.25, -0.2) is 0 Å². The molecule has 0 aliphatic carbocycles. The van der Waals surface area contributed by atoms with E-state index in [0.29, 0.717) is 6.42 Å². The van der Waals surface area contributed by atoms with Crippen molar-refractivity contribution in [1.82, 2.24) is 0 Å². The van der Waals surface area contributed by atoms with E-state index in [4.69, 9.17) is 36.5 Å². The largest absolute Gasteiger partial charge is 0.463 e. The van der Waals surface area contributed by atoms with Crippen molar-refractivity contribution in [3.8, 4) is 0 Å². The van der Waals surface area contributed by atoms with Gasteiger partial charge in [-0.2, -0.15) is 0 Å². The van der Waals surface area contributed by atoms with E-state index in [1.165, 1.54) is 90.6 Å². The molecule has 0 aromatic carbocycles. The van der Waals surface area contributed by atoms with E-state index in [1.807, 2.05) is 0 Å². The van der Waals surface area contributed by atoms with Crippen LogP contribution in [-0.2, 0) is 23.4 Å². The van der Waals surface area contributed by atoms with Crippen LogP contribution < -0.4 is 0 Å². The van der Waals surface area contributed by atoms with Gasteiger partial charge in [0.05, 0.1) is 6.61 Å². The maximum absolute atomic E-state index is 11.8. The Bertz CT molecular complexity index is 445. The van der Waals surface area contributed by atoms with E-state index < -0.39 is 12.2 Å². The van der Waals surface area contributed by atoms with E-state index in [1.54, 1.807) is 0 Å². The van der Waals surface area contributed by atoms with Crippen LogP contribution in [0.25, 0.3) is 0 Å². The molecule has 0 N–H and O–H groups in total. The Morgan fingerprint density at radius 1 is 0.767 bits per heavy atom. The Balaban J connectivity index is 3.39. The average Bonchev–Trinajstić information content (AvgIpc) is 2.70. The van der Waals surface area contributed by atoms with Crippen LogP contribution in [0.1, 0.15) is 110 Å². The summed E-state index contributed by atoms with van der Waals surface area (Å²) in [4.78, 5) is 11.8. The summed E-state index contributed by atoms with van der Waals surface area (Å²) in [6.07, 6.45) is 15.6. The van der Waals surface area contributed by atoms with Gasteiger partial charge in [-0.3, -0.25) is 9.36 Å². The first-order valence-corrected chi connectivity index (χ1v) is 15.1. The van der Waals surface area contributed by atoms with Crippen molar-refractivity contribution < 1.29 is 23.4 Å². The van der Waals surface area contributed by atoms with Crippen LogP contribution in [0, 0.1) is 0 Å². The molecule has 0 aromatic heterocycles.